The molecule has 0 spiro atoms. The van der Waals surface area contributed by atoms with E-state index in [-0.39, 0.29) is 29.8 Å². The minimum Gasteiger partial charge on any atom is -0.394 e. The van der Waals surface area contributed by atoms with Crippen molar-refractivity contribution in [1.82, 2.24) is 0 Å². The number of aliphatic hydroxyl groups excluding tert-OH is 11. The summed E-state index contributed by atoms with van der Waals surface area (Å²) in [5, 5.41) is 132. The van der Waals surface area contributed by atoms with Crippen LogP contribution in [0.3, 0.4) is 0 Å². The third-order valence-electron chi connectivity index (χ3n) is 19.1. The van der Waals surface area contributed by atoms with Gasteiger partial charge in [0.15, 0.2) is 18.9 Å². The van der Waals surface area contributed by atoms with Gasteiger partial charge in [-0.25, -0.2) is 0 Å². The maximum atomic E-state index is 12.5. The molecular formula is C47H80O19. The van der Waals surface area contributed by atoms with Gasteiger partial charge in [0.05, 0.1) is 55.4 Å². The minimum absolute atomic E-state index is 0.000363. The molecule has 0 aromatic carbocycles. The van der Waals surface area contributed by atoms with Gasteiger partial charge in [0.25, 0.3) is 0 Å². The number of fused-ring (bicyclic) bond motifs is 5. The second-order valence-corrected chi connectivity index (χ2v) is 23.6. The Morgan fingerprint density at radius 3 is 1.85 bits per heavy atom. The first-order chi connectivity index (χ1) is 30.7. The highest BCUT2D eigenvalue weighted by molar-refractivity contribution is 5.22. The molecule has 66 heavy (non-hydrogen) atoms. The van der Waals surface area contributed by atoms with Gasteiger partial charge in [0, 0.05) is 0 Å². The van der Waals surface area contributed by atoms with Gasteiger partial charge in [0.1, 0.15) is 67.1 Å². The van der Waals surface area contributed by atoms with Crippen molar-refractivity contribution >= 4 is 0 Å². The van der Waals surface area contributed by atoms with E-state index in [0.29, 0.717) is 32.1 Å². The lowest BCUT2D eigenvalue weighted by atomic mass is 9.34. The molecular weight excluding hydrogens is 868 g/mol. The van der Waals surface area contributed by atoms with Crippen LogP contribution in [0.2, 0.25) is 0 Å². The molecule has 0 bridgehead atoms. The van der Waals surface area contributed by atoms with Crippen LogP contribution in [0.4, 0.5) is 0 Å². The fourth-order valence-electron chi connectivity index (χ4n) is 15.3. The lowest BCUT2D eigenvalue weighted by molar-refractivity contribution is -0.383. The summed E-state index contributed by atoms with van der Waals surface area (Å²) in [6, 6.07) is 0. The average Bonchev–Trinajstić information content (AvgIpc) is 3.85. The predicted octanol–water partition coefficient (Wildman–Crippen LogP) is -1.21. The van der Waals surface area contributed by atoms with Crippen LogP contribution in [-0.2, 0) is 33.2 Å². The van der Waals surface area contributed by atoms with E-state index >= 15 is 0 Å². The molecule has 0 radical (unpaired) electrons. The van der Waals surface area contributed by atoms with E-state index in [0.717, 1.165) is 19.3 Å². The van der Waals surface area contributed by atoms with Crippen molar-refractivity contribution in [3.05, 3.63) is 0 Å². The van der Waals surface area contributed by atoms with E-state index in [1.807, 2.05) is 13.8 Å². The van der Waals surface area contributed by atoms with Gasteiger partial charge in [0.2, 0.25) is 0 Å². The van der Waals surface area contributed by atoms with Gasteiger partial charge < -0.3 is 94.4 Å². The Labute approximate surface area is 387 Å². The van der Waals surface area contributed by atoms with Crippen molar-refractivity contribution in [2.24, 2.45) is 45.3 Å². The maximum absolute atomic E-state index is 12.5. The summed E-state index contributed by atoms with van der Waals surface area (Å²) in [6.07, 6.45) is -19.7. The molecule has 0 aromatic heterocycles. The Kier molecular flexibility index (Phi) is 14.1. The van der Waals surface area contributed by atoms with Crippen molar-refractivity contribution in [1.29, 1.82) is 0 Å². The van der Waals surface area contributed by atoms with Gasteiger partial charge in [-0.1, -0.05) is 34.6 Å². The van der Waals surface area contributed by atoms with E-state index in [4.69, 9.17) is 33.2 Å². The zero-order chi connectivity index (χ0) is 48.4. The van der Waals surface area contributed by atoms with E-state index in [1.165, 1.54) is 0 Å². The lowest BCUT2D eigenvalue weighted by Crippen LogP contribution is -2.71. The van der Waals surface area contributed by atoms with Crippen LogP contribution >= 0.6 is 0 Å². The molecule has 19 heteroatoms. The zero-order valence-electron chi connectivity index (χ0n) is 39.7. The van der Waals surface area contributed by atoms with E-state index in [1.54, 1.807) is 13.8 Å². The van der Waals surface area contributed by atoms with Crippen LogP contribution in [0.15, 0.2) is 0 Å². The minimum atomic E-state index is -1.87. The number of hydrogen-bond donors (Lipinski definition) is 12. The molecule has 8 fully saturated rings. The number of rotatable bonds is 10. The largest absolute Gasteiger partial charge is 0.394 e. The van der Waals surface area contributed by atoms with Crippen LogP contribution in [0, 0.1) is 45.3 Å². The summed E-state index contributed by atoms with van der Waals surface area (Å²) in [6.45, 7) is 14.7. The standard InChI is InChI=1S/C47H80O19/c1-42(2)27(51)10-12-44(5)26-15-21(50)29-20(47(8)14-11-28(66-47)43(3,4)59)9-13-45(29,6)46(26,7)16-22(38(42)44)61-41-37(34(56)31(53)24(18-49)63-41)65-39-35(57)32(54)25(19-60-39)64-40-36(58)33(55)30(52)23(17-48)62-40/h20-41,48-59H,9-19H2,1-8H3. The van der Waals surface area contributed by atoms with Crippen molar-refractivity contribution in [2.75, 3.05) is 19.8 Å². The van der Waals surface area contributed by atoms with Gasteiger partial charge >= 0.3 is 0 Å². The fourth-order valence-corrected chi connectivity index (χ4v) is 15.3. The van der Waals surface area contributed by atoms with Crippen molar-refractivity contribution < 1.29 is 94.4 Å². The van der Waals surface area contributed by atoms with Crippen LogP contribution in [-0.4, -0.2) is 203 Å². The average molecular weight is 949 g/mol. The fraction of sp³-hybridized carbons (Fsp3) is 1.00. The summed E-state index contributed by atoms with van der Waals surface area (Å²) in [4.78, 5) is 0. The molecule has 26 unspecified atom stereocenters. The highest BCUT2D eigenvalue weighted by Crippen LogP contribution is 2.76. The van der Waals surface area contributed by atoms with Crippen LogP contribution in [0.25, 0.3) is 0 Å². The van der Waals surface area contributed by atoms with Crippen molar-refractivity contribution in [3.63, 3.8) is 0 Å². The maximum Gasteiger partial charge on any atom is 0.187 e. The highest BCUT2D eigenvalue weighted by atomic mass is 16.8. The molecule has 0 amide bonds. The molecule has 4 heterocycles. The summed E-state index contributed by atoms with van der Waals surface area (Å²) in [5.41, 5.74) is -3.68. The van der Waals surface area contributed by atoms with Crippen molar-refractivity contribution in [2.45, 2.75) is 228 Å². The Hall–Kier alpha value is -0.760. The molecule has 26 atom stereocenters. The molecule has 4 aliphatic carbocycles. The molecule has 382 valence electrons. The molecule has 8 rings (SSSR count). The predicted molar refractivity (Wildman–Crippen MR) is 228 cm³/mol. The molecule has 4 saturated carbocycles. The summed E-state index contributed by atoms with van der Waals surface area (Å²) >= 11 is 0. The zero-order valence-corrected chi connectivity index (χ0v) is 39.7. The van der Waals surface area contributed by atoms with Crippen LogP contribution in [0.1, 0.15) is 107 Å². The van der Waals surface area contributed by atoms with Gasteiger partial charge in [-0.3, -0.25) is 0 Å². The highest BCUT2D eigenvalue weighted by Gasteiger charge is 2.74. The van der Waals surface area contributed by atoms with E-state index in [2.05, 4.69) is 27.7 Å². The Bertz CT molecular complexity index is 1700. The van der Waals surface area contributed by atoms with Gasteiger partial charge in [-0.05, 0) is 117 Å². The summed E-state index contributed by atoms with van der Waals surface area (Å²) in [7, 11) is 0. The van der Waals surface area contributed by atoms with E-state index < -0.39 is 157 Å². The number of aliphatic hydroxyl groups is 12. The smallest absolute Gasteiger partial charge is 0.187 e. The first kappa shape index (κ1) is 51.6. The van der Waals surface area contributed by atoms with Crippen molar-refractivity contribution in [3.8, 4) is 0 Å². The monoisotopic (exact) mass is 949 g/mol. The second kappa shape index (κ2) is 18.1. The number of hydrogen-bond acceptors (Lipinski definition) is 19. The quantitative estimate of drug-likeness (QED) is 0.114. The Balaban J connectivity index is 1.08. The second-order valence-electron chi connectivity index (χ2n) is 23.6. The van der Waals surface area contributed by atoms with E-state index in [9.17, 15) is 61.3 Å². The van der Waals surface area contributed by atoms with Crippen LogP contribution in [0.5, 0.6) is 0 Å². The molecule has 4 saturated heterocycles. The normalized spacial score (nSPS) is 56.4. The van der Waals surface area contributed by atoms with Gasteiger partial charge in [-0.15, -0.1) is 0 Å². The molecule has 4 aliphatic heterocycles. The molecule has 12 N–H and O–H groups in total. The van der Waals surface area contributed by atoms with Gasteiger partial charge in [-0.2, -0.15) is 0 Å². The lowest BCUT2D eigenvalue weighted by Gasteiger charge is -2.72. The molecule has 0 aromatic rings. The third kappa shape index (κ3) is 8.16. The third-order valence-corrected chi connectivity index (χ3v) is 19.1. The SMILES string of the molecule is CC(C)(O)C1CCC(C)(C2CCC3(C)C2C(O)CC2C4(C)CCC(O)C(C)(C)C4C(OC4OC(CO)C(O)C(O)C4OC4OCC(OC5OC(CO)C(O)C(O)C5O)C(O)C4O)CC23C)O1. The Morgan fingerprint density at radius 2 is 1.23 bits per heavy atom. The number of ether oxygens (including phenoxy) is 7. The molecule has 8 aliphatic rings. The summed E-state index contributed by atoms with van der Waals surface area (Å²) < 4.78 is 43.3. The first-order valence-electron chi connectivity index (χ1n) is 24.3. The topological polar surface area (TPSA) is 307 Å². The van der Waals surface area contributed by atoms with Crippen LogP contribution < -0.4 is 0 Å². The first-order valence-corrected chi connectivity index (χ1v) is 24.3. The molecule has 19 nitrogen and oxygen atoms in total. The summed E-state index contributed by atoms with van der Waals surface area (Å²) in [5.74, 6) is -0.465. The Morgan fingerprint density at radius 1 is 0.621 bits per heavy atom.